The van der Waals surface area contributed by atoms with Gasteiger partial charge >= 0.3 is 0 Å². The highest BCUT2D eigenvalue weighted by Gasteiger charge is 2.30. The molecule has 1 aliphatic carbocycles. The average molecular weight is 313 g/mol. The van der Waals surface area contributed by atoms with E-state index < -0.39 is 10.0 Å². The lowest BCUT2D eigenvalue weighted by molar-refractivity contribution is 0.305. The van der Waals surface area contributed by atoms with Crippen LogP contribution in [0.4, 0.5) is 0 Å². The topological polar surface area (TPSA) is 57.6 Å². The van der Waals surface area contributed by atoms with Gasteiger partial charge in [-0.2, -0.15) is 0 Å². The molecular weight excluding hydrogens is 294 g/mol. The molecule has 0 saturated heterocycles. The minimum atomic E-state index is -3.14. The first-order chi connectivity index (χ1) is 9.51. The number of aliphatic hydroxyl groups is 1. The highest BCUT2D eigenvalue weighted by atomic mass is 32.2. The summed E-state index contributed by atoms with van der Waals surface area (Å²) in [6, 6.07) is 1.91. The molecule has 1 saturated carbocycles. The van der Waals surface area contributed by atoms with Gasteiger partial charge in [-0.15, -0.1) is 11.3 Å². The zero-order valence-electron chi connectivity index (χ0n) is 11.5. The molecule has 0 unspecified atom stereocenters. The molecule has 1 aromatic heterocycles. The molecule has 4 nitrogen and oxygen atoms in total. The minimum Gasteiger partial charge on any atom is -0.395 e. The Labute approximate surface area is 124 Å². The van der Waals surface area contributed by atoms with Crippen LogP contribution in [0, 0.1) is 17.8 Å². The van der Waals surface area contributed by atoms with Crippen LogP contribution in [-0.4, -0.2) is 37.2 Å². The van der Waals surface area contributed by atoms with Crippen LogP contribution in [0.15, 0.2) is 11.4 Å². The van der Waals surface area contributed by atoms with Crippen molar-refractivity contribution in [2.45, 2.75) is 25.8 Å². The van der Waals surface area contributed by atoms with Gasteiger partial charge in [0.15, 0.2) is 0 Å². The minimum absolute atomic E-state index is 0.0629. The van der Waals surface area contributed by atoms with E-state index in [2.05, 4.69) is 11.8 Å². The van der Waals surface area contributed by atoms with E-state index in [1.807, 2.05) is 11.4 Å². The van der Waals surface area contributed by atoms with Gasteiger partial charge in [-0.1, -0.05) is 11.8 Å². The molecular formula is C14H19NO3S2. The molecule has 1 N–H and O–H groups in total. The standard InChI is InChI=1S/C14H19NO3S2/c1-15(20(17,18)11-12-5-6-12)9-13-8-14(19-10-13)4-2-3-7-16/h8,10,12,16H,3,5-7,9,11H2,1H3. The van der Waals surface area contributed by atoms with Crippen LogP contribution in [0.3, 0.4) is 0 Å². The highest BCUT2D eigenvalue weighted by Crippen LogP contribution is 2.31. The lowest BCUT2D eigenvalue weighted by Crippen LogP contribution is -2.29. The van der Waals surface area contributed by atoms with Crippen LogP contribution in [0.5, 0.6) is 0 Å². The van der Waals surface area contributed by atoms with Gasteiger partial charge in [0.1, 0.15) is 0 Å². The SMILES string of the molecule is CN(Cc1csc(C#CCCO)c1)S(=O)(=O)CC1CC1. The van der Waals surface area contributed by atoms with Crippen molar-refractivity contribution < 1.29 is 13.5 Å². The van der Waals surface area contributed by atoms with Crippen molar-refractivity contribution in [2.75, 3.05) is 19.4 Å². The highest BCUT2D eigenvalue weighted by molar-refractivity contribution is 7.89. The molecule has 110 valence electrons. The maximum absolute atomic E-state index is 12.1. The van der Waals surface area contributed by atoms with E-state index >= 15 is 0 Å². The van der Waals surface area contributed by atoms with E-state index in [1.165, 1.54) is 15.6 Å². The fraction of sp³-hybridized carbons (Fsp3) is 0.571. The zero-order valence-corrected chi connectivity index (χ0v) is 13.1. The molecule has 0 aliphatic heterocycles. The molecule has 0 amide bonds. The molecule has 0 aromatic carbocycles. The lowest BCUT2D eigenvalue weighted by atomic mass is 10.3. The van der Waals surface area contributed by atoms with E-state index in [9.17, 15) is 8.42 Å². The first kappa shape index (κ1) is 15.5. The molecule has 0 spiro atoms. The van der Waals surface area contributed by atoms with Gasteiger partial charge in [0.2, 0.25) is 10.0 Å². The largest absolute Gasteiger partial charge is 0.395 e. The van der Waals surface area contributed by atoms with Crippen molar-refractivity contribution in [3.8, 4) is 11.8 Å². The van der Waals surface area contributed by atoms with E-state index in [1.54, 1.807) is 7.05 Å². The molecule has 0 atom stereocenters. The second kappa shape index (κ2) is 6.72. The zero-order chi connectivity index (χ0) is 14.6. The van der Waals surface area contributed by atoms with Gasteiger partial charge in [-0.3, -0.25) is 0 Å². The van der Waals surface area contributed by atoms with Gasteiger partial charge < -0.3 is 5.11 Å². The Morgan fingerprint density at radius 1 is 1.50 bits per heavy atom. The van der Waals surface area contributed by atoms with Gasteiger partial charge in [-0.05, 0) is 35.8 Å². The van der Waals surface area contributed by atoms with Crippen LogP contribution in [-0.2, 0) is 16.6 Å². The van der Waals surface area contributed by atoms with Gasteiger partial charge in [-0.25, -0.2) is 12.7 Å². The Hall–Kier alpha value is -0.870. The quantitative estimate of drug-likeness (QED) is 0.813. The van der Waals surface area contributed by atoms with Crippen LogP contribution in [0.2, 0.25) is 0 Å². The number of sulfonamides is 1. The summed E-state index contributed by atoms with van der Waals surface area (Å²) in [5, 5.41) is 10.6. The number of hydrogen-bond acceptors (Lipinski definition) is 4. The summed E-state index contributed by atoms with van der Waals surface area (Å²) in [5.74, 6) is 6.46. The van der Waals surface area contributed by atoms with Gasteiger partial charge in [0.05, 0.1) is 17.2 Å². The van der Waals surface area contributed by atoms with Crippen molar-refractivity contribution in [2.24, 2.45) is 5.92 Å². The van der Waals surface area contributed by atoms with Crippen LogP contribution >= 0.6 is 11.3 Å². The molecule has 1 fully saturated rings. The third kappa shape index (κ3) is 4.60. The smallest absolute Gasteiger partial charge is 0.214 e. The number of rotatable bonds is 6. The Morgan fingerprint density at radius 2 is 2.25 bits per heavy atom. The van der Waals surface area contributed by atoms with Crippen molar-refractivity contribution >= 4 is 21.4 Å². The number of nitrogens with zero attached hydrogens (tertiary/aromatic N) is 1. The summed E-state index contributed by atoms with van der Waals surface area (Å²) in [6.45, 7) is 0.459. The van der Waals surface area contributed by atoms with Crippen molar-refractivity contribution in [3.63, 3.8) is 0 Å². The summed E-state index contributed by atoms with van der Waals surface area (Å²) in [5.41, 5.74) is 0.963. The Balaban J connectivity index is 1.94. The Kier molecular flexibility index (Phi) is 5.22. The first-order valence-electron chi connectivity index (χ1n) is 6.62. The fourth-order valence-electron chi connectivity index (χ4n) is 1.79. The summed E-state index contributed by atoms with van der Waals surface area (Å²) < 4.78 is 25.6. The van der Waals surface area contributed by atoms with E-state index in [0.29, 0.717) is 18.9 Å². The third-order valence-corrected chi connectivity index (χ3v) is 5.99. The maximum atomic E-state index is 12.1. The predicted molar refractivity (Wildman–Crippen MR) is 80.9 cm³/mol. The molecule has 0 bridgehead atoms. The van der Waals surface area contributed by atoms with E-state index in [0.717, 1.165) is 23.3 Å². The van der Waals surface area contributed by atoms with Gasteiger partial charge in [0, 0.05) is 20.0 Å². The van der Waals surface area contributed by atoms with Crippen LogP contribution < -0.4 is 0 Å². The second-order valence-corrected chi connectivity index (χ2v) is 8.10. The molecule has 0 radical (unpaired) electrons. The van der Waals surface area contributed by atoms with Crippen LogP contribution in [0.25, 0.3) is 0 Å². The maximum Gasteiger partial charge on any atom is 0.214 e. The molecule has 1 aromatic rings. The summed E-state index contributed by atoms with van der Waals surface area (Å²) >= 11 is 1.50. The van der Waals surface area contributed by atoms with Crippen molar-refractivity contribution in [3.05, 3.63) is 21.9 Å². The molecule has 6 heteroatoms. The number of thiophene rings is 1. The summed E-state index contributed by atoms with van der Waals surface area (Å²) in [4.78, 5) is 0.904. The van der Waals surface area contributed by atoms with Gasteiger partial charge in [0.25, 0.3) is 0 Å². The first-order valence-corrected chi connectivity index (χ1v) is 9.11. The average Bonchev–Trinajstić information content (AvgIpc) is 3.07. The number of hydrogen-bond donors (Lipinski definition) is 1. The second-order valence-electron chi connectivity index (χ2n) is 5.07. The van der Waals surface area contributed by atoms with E-state index in [-0.39, 0.29) is 12.4 Å². The third-order valence-electron chi connectivity index (χ3n) is 3.13. The van der Waals surface area contributed by atoms with Crippen molar-refractivity contribution in [1.29, 1.82) is 0 Å². The Morgan fingerprint density at radius 3 is 2.90 bits per heavy atom. The predicted octanol–water partition coefficient (Wildman–Crippen LogP) is 1.65. The van der Waals surface area contributed by atoms with E-state index in [4.69, 9.17) is 5.11 Å². The Bertz CT molecular complexity index is 606. The molecule has 20 heavy (non-hydrogen) atoms. The molecule has 1 heterocycles. The van der Waals surface area contributed by atoms with Crippen LogP contribution in [0.1, 0.15) is 29.7 Å². The molecule has 1 aliphatic rings. The summed E-state index contributed by atoms with van der Waals surface area (Å²) in [7, 11) is -1.51. The lowest BCUT2D eigenvalue weighted by Gasteiger charge is -2.16. The van der Waals surface area contributed by atoms with Crippen molar-refractivity contribution in [1.82, 2.24) is 4.31 Å². The monoisotopic (exact) mass is 313 g/mol. The summed E-state index contributed by atoms with van der Waals surface area (Å²) in [6.07, 6.45) is 2.54. The normalized spacial score (nSPS) is 15.2. The number of aliphatic hydroxyl groups excluding tert-OH is 1. The molecule has 2 rings (SSSR count). The fourth-order valence-corrected chi connectivity index (χ4v) is 4.10.